The third-order valence-corrected chi connectivity index (χ3v) is 5.34. The van der Waals surface area contributed by atoms with E-state index >= 15 is 0 Å². The molecule has 1 heterocycles. The molecule has 1 aliphatic heterocycles. The van der Waals surface area contributed by atoms with E-state index in [4.69, 9.17) is 0 Å². The van der Waals surface area contributed by atoms with E-state index in [2.05, 4.69) is 40.5 Å². The number of urea groups is 1. The van der Waals surface area contributed by atoms with Gasteiger partial charge in [0.15, 0.2) is 0 Å². The van der Waals surface area contributed by atoms with E-state index < -0.39 is 5.97 Å². The third kappa shape index (κ3) is 4.16. The van der Waals surface area contributed by atoms with Crippen molar-refractivity contribution in [2.45, 2.75) is 6.54 Å². The average Bonchev–Trinajstić information content (AvgIpc) is 2.77. The molecule has 0 saturated carbocycles. The summed E-state index contributed by atoms with van der Waals surface area (Å²) in [5, 5.41) is 14.5. The molecule has 2 amide bonds. The van der Waals surface area contributed by atoms with Crippen molar-refractivity contribution in [1.82, 2.24) is 10.2 Å². The van der Waals surface area contributed by atoms with Crippen LogP contribution in [0.25, 0.3) is 10.8 Å². The fourth-order valence-corrected chi connectivity index (χ4v) is 3.71. The van der Waals surface area contributed by atoms with Crippen LogP contribution in [0.3, 0.4) is 0 Å². The number of piperazine rings is 1. The van der Waals surface area contributed by atoms with Gasteiger partial charge in [-0.1, -0.05) is 48.5 Å². The van der Waals surface area contributed by atoms with Crippen molar-refractivity contribution in [3.8, 4) is 0 Å². The van der Waals surface area contributed by atoms with Crippen molar-refractivity contribution >= 4 is 28.5 Å². The van der Waals surface area contributed by atoms with Crippen LogP contribution in [0.5, 0.6) is 0 Å². The van der Waals surface area contributed by atoms with Gasteiger partial charge in [0.1, 0.15) is 0 Å². The highest BCUT2D eigenvalue weighted by Gasteiger charge is 2.21. The van der Waals surface area contributed by atoms with Gasteiger partial charge in [-0.05, 0) is 34.5 Å². The molecule has 1 saturated heterocycles. The number of fused-ring (bicyclic) bond motifs is 1. The summed E-state index contributed by atoms with van der Waals surface area (Å²) in [6, 6.07) is 21.3. The van der Waals surface area contributed by atoms with Crippen LogP contribution in [0.2, 0.25) is 0 Å². The summed E-state index contributed by atoms with van der Waals surface area (Å²) >= 11 is 0. The smallest absolute Gasteiger partial charge is 0.336 e. The van der Waals surface area contributed by atoms with Crippen LogP contribution in [-0.2, 0) is 6.54 Å². The van der Waals surface area contributed by atoms with Crippen LogP contribution in [0.15, 0.2) is 66.7 Å². The van der Waals surface area contributed by atoms with Gasteiger partial charge in [-0.2, -0.15) is 0 Å². The molecule has 0 atom stereocenters. The SMILES string of the molecule is O=C(O)c1ccccc1CNC(=O)N1CCN(c2ccc3ccccc3c2)CC1. The molecule has 0 spiro atoms. The molecule has 0 radical (unpaired) electrons. The van der Waals surface area contributed by atoms with Crippen LogP contribution >= 0.6 is 0 Å². The first kappa shape index (κ1) is 18.8. The van der Waals surface area contributed by atoms with Crippen LogP contribution in [0.1, 0.15) is 15.9 Å². The number of carbonyl (C=O) groups excluding carboxylic acids is 1. The van der Waals surface area contributed by atoms with Gasteiger partial charge in [0.25, 0.3) is 0 Å². The van der Waals surface area contributed by atoms with Gasteiger partial charge in [0.05, 0.1) is 5.56 Å². The zero-order chi connectivity index (χ0) is 20.2. The highest BCUT2D eigenvalue weighted by molar-refractivity contribution is 5.89. The second-order valence-electron chi connectivity index (χ2n) is 7.13. The van der Waals surface area contributed by atoms with E-state index in [1.54, 1.807) is 29.2 Å². The van der Waals surface area contributed by atoms with E-state index in [0.29, 0.717) is 18.7 Å². The van der Waals surface area contributed by atoms with E-state index in [0.717, 1.165) is 13.1 Å². The summed E-state index contributed by atoms with van der Waals surface area (Å²) in [6.07, 6.45) is 0. The van der Waals surface area contributed by atoms with Gasteiger partial charge in [-0.3, -0.25) is 0 Å². The Bertz CT molecular complexity index is 1040. The van der Waals surface area contributed by atoms with Gasteiger partial charge >= 0.3 is 12.0 Å². The Labute approximate surface area is 169 Å². The van der Waals surface area contributed by atoms with Crippen molar-refractivity contribution < 1.29 is 14.7 Å². The summed E-state index contributed by atoms with van der Waals surface area (Å²) in [6.45, 7) is 2.97. The van der Waals surface area contributed by atoms with Gasteiger partial charge in [0, 0.05) is 38.4 Å². The normalized spacial score (nSPS) is 14.1. The largest absolute Gasteiger partial charge is 0.478 e. The number of carboxylic acid groups (broad SMARTS) is 1. The number of hydrogen-bond donors (Lipinski definition) is 2. The second kappa shape index (κ2) is 8.22. The predicted molar refractivity (Wildman–Crippen MR) is 113 cm³/mol. The molecule has 6 heteroatoms. The lowest BCUT2D eigenvalue weighted by Crippen LogP contribution is -2.51. The van der Waals surface area contributed by atoms with Crippen molar-refractivity contribution in [2.75, 3.05) is 31.1 Å². The van der Waals surface area contributed by atoms with Gasteiger partial charge in [0.2, 0.25) is 0 Å². The molecule has 0 aliphatic carbocycles. The summed E-state index contributed by atoms with van der Waals surface area (Å²) < 4.78 is 0. The number of benzene rings is 3. The Balaban J connectivity index is 1.34. The number of aromatic carboxylic acids is 1. The molecule has 1 aliphatic rings. The topological polar surface area (TPSA) is 72.9 Å². The Morgan fingerprint density at radius 1 is 0.862 bits per heavy atom. The monoisotopic (exact) mass is 389 g/mol. The molecule has 6 nitrogen and oxygen atoms in total. The van der Waals surface area contributed by atoms with E-state index in [1.165, 1.54) is 16.5 Å². The highest BCUT2D eigenvalue weighted by atomic mass is 16.4. The molecule has 148 valence electrons. The lowest BCUT2D eigenvalue weighted by Gasteiger charge is -2.36. The number of carbonyl (C=O) groups is 2. The van der Waals surface area contributed by atoms with Crippen molar-refractivity contribution in [2.24, 2.45) is 0 Å². The van der Waals surface area contributed by atoms with Crippen molar-refractivity contribution in [3.63, 3.8) is 0 Å². The molecule has 0 bridgehead atoms. The Morgan fingerprint density at radius 3 is 2.31 bits per heavy atom. The number of hydrogen-bond acceptors (Lipinski definition) is 3. The molecule has 2 N–H and O–H groups in total. The maximum atomic E-state index is 12.5. The Kier molecular flexibility index (Phi) is 5.33. The van der Waals surface area contributed by atoms with E-state index in [-0.39, 0.29) is 18.1 Å². The molecule has 4 rings (SSSR count). The minimum atomic E-state index is -0.987. The summed E-state index contributed by atoms with van der Waals surface area (Å²) in [5.74, 6) is -0.987. The molecule has 3 aromatic carbocycles. The average molecular weight is 389 g/mol. The minimum Gasteiger partial charge on any atom is -0.478 e. The van der Waals surface area contributed by atoms with E-state index in [9.17, 15) is 14.7 Å². The van der Waals surface area contributed by atoms with Crippen LogP contribution in [0, 0.1) is 0 Å². The molecule has 3 aromatic rings. The number of amides is 2. The summed E-state index contributed by atoms with van der Waals surface area (Å²) in [5.41, 5.74) is 1.98. The zero-order valence-electron chi connectivity index (χ0n) is 16.0. The summed E-state index contributed by atoms with van der Waals surface area (Å²) in [7, 11) is 0. The second-order valence-corrected chi connectivity index (χ2v) is 7.13. The molecule has 0 aromatic heterocycles. The van der Waals surface area contributed by atoms with Gasteiger partial charge in [-0.25, -0.2) is 9.59 Å². The number of carboxylic acids is 1. The first-order valence-corrected chi connectivity index (χ1v) is 9.69. The Morgan fingerprint density at radius 2 is 1.55 bits per heavy atom. The van der Waals surface area contributed by atoms with Crippen LogP contribution < -0.4 is 10.2 Å². The standard InChI is InChI=1S/C23H23N3O3/c27-22(28)21-8-4-3-7-19(21)16-24-23(29)26-13-11-25(12-14-26)20-10-9-17-5-1-2-6-18(17)15-20/h1-10,15H,11-14,16H2,(H,24,29)(H,27,28). The van der Waals surface area contributed by atoms with Crippen LogP contribution in [-0.4, -0.2) is 48.2 Å². The molecule has 1 fully saturated rings. The quantitative estimate of drug-likeness (QED) is 0.716. The first-order chi connectivity index (χ1) is 14.1. The maximum Gasteiger partial charge on any atom is 0.336 e. The number of rotatable bonds is 4. The van der Waals surface area contributed by atoms with E-state index in [1.807, 2.05) is 12.1 Å². The molecular formula is C23H23N3O3. The molecule has 0 unspecified atom stereocenters. The molecular weight excluding hydrogens is 366 g/mol. The first-order valence-electron chi connectivity index (χ1n) is 9.69. The van der Waals surface area contributed by atoms with Gasteiger partial charge in [-0.15, -0.1) is 0 Å². The fraction of sp³-hybridized carbons (Fsp3) is 0.217. The van der Waals surface area contributed by atoms with Gasteiger partial charge < -0.3 is 20.2 Å². The number of nitrogens with zero attached hydrogens (tertiary/aromatic N) is 2. The zero-order valence-corrected chi connectivity index (χ0v) is 16.0. The maximum absolute atomic E-state index is 12.5. The van der Waals surface area contributed by atoms with Crippen molar-refractivity contribution in [1.29, 1.82) is 0 Å². The lowest BCUT2D eigenvalue weighted by atomic mass is 10.1. The van der Waals surface area contributed by atoms with Crippen molar-refractivity contribution in [3.05, 3.63) is 77.9 Å². The molecule has 29 heavy (non-hydrogen) atoms. The predicted octanol–water partition coefficient (Wildman–Crippen LogP) is 3.57. The lowest BCUT2D eigenvalue weighted by molar-refractivity contribution is 0.0695. The minimum absolute atomic E-state index is 0.164. The third-order valence-electron chi connectivity index (χ3n) is 5.34. The summed E-state index contributed by atoms with van der Waals surface area (Å²) in [4.78, 5) is 27.9. The van der Waals surface area contributed by atoms with Crippen LogP contribution in [0.4, 0.5) is 10.5 Å². The number of nitrogens with one attached hydrogen (secondary N) is 1. The number of anilines is 1. The Hall–Kier alpha value is -3.54. The fourth-order valence-electron chi connectivity index (χ4n) is 3.71. The highest BCUT2D eigenvalue weighted by Crippen LogP contribution is 2.23.